The average Bonchev–Trinajstić information content (AvgIpc) is 2.43. The van der Waals surface area contributed by atoms with Crippen molar-refractivity contribution in [2.24, 2.45) is 0 Å². The van der Waals surface area contributed by atoms with Gasteiger partial charge in [-0.2, -0.15) is 0 Å². The molecule has 0 atom stereocenters. The molecule has 98 valence electrons. The van der Waals surface area contributed by atoms with E-state index in [9.17, 15) is 0 Å². The Morgan fingerprint density at radius 3 is 1.78 bits per heavy atom. The van der Waals surface area contributed by atoms with Gasteiger partial charge >= 0.3 is 0 Å². The standard InChI is InChI=1S/C8H11N.C6H7N.C2H6/c1-7(2)8-4-3-5-9-6-8;1-6-2-4-7-5-3-6;1-2/h3-7H,1-2H3;2-5H,1H3;1-2H3. The van der Waals surface area contributed by atoms with Crippen molar-refractivity contribution in [1.29, 1.82) is 0 Å². The van der Waals surface area contributed by atoms with Gasteiger partial charge in [0, 0.05) is 24.8 Å². The van der Waals surface area contributed by atoms with Crippen LogP contribution in [0.3, 0.4) is 0 Å². The third-order valence-corrected chi connectivity index (χ3v) is 2.20. The molecule has 0 aliphatic heterocycles. The Labute approximate surface area is 111 Å². The molecule has 0 aliphatic carbocycles. The number of aryl methyl sites for hydroxylation is 1. The zero-order valence-electron chi connectivity index (χ0n) is 12.1. The fraction of sp³-hybridized carbons (Fsp3) is 0.375. The highest BCUT2D eigenvalue weighted by atomic mass is 14.6. The van der Waals surface area contributed by atoms with Crippen molar-refractivity contribution in [3.8, 4) is 0 Å². The summed E-state index contributed by atoms with van der Waals surface area (Å²) in [5.74, 6) is 0.596. The molecule has 0 N–H and O–H groups in total. The van der Waals surface area contributed by atoms with Crippen LogP contribution in [0.15, 0.2) is 49.1 Å². The summed E-state index contributed by atoms with van der Waals surface area (Å²) in [6, 6.07) is 8.01. The quantitative estimate of drug-likeness (QED) is 0.731. The second-order valence-electron chi connectivity index (χ2n) is 3.97. The molecule has 0 amide bonds. The van der Waals surface area contributed by atoms with Gasteiger partial charge in [-0.15, -0.1) is 0 Å². The van der Waals surface area contributed by atoms with E-state index in [1.54, 1.807) is 18.6 Å². The Kier molecular flexibility index (Phi) is 9.47. The Hall–Kier alpha value is -1.70. The predicted octanol–water partition coefficient (Wildman–Crippen LogP) is 4.62. The molecular weight excluding hydrogens is 220 g/mol. The zero-order chi connectivity index (χ0) is 13.8. The fourth-order valence-electron chi connectivity index (χ4n) is 1.14. The molecule has 0 aromatic carbocycles. The fourth-order valence-corrected chi connectivity index (χ4v) is 1.14. The second kappa shape index (κ2) is 10.5. The van der Waals surface area contributed by atoms with E-state index in [-0.39, 0.29) is 0 Å². The lowest BCUT2D eigenvalue weighted by Gasteiger charge is -2.00. The first-order valence-corrected chi connectivity index (χ1v) is 6.46. The lowest BCUT2D eigenvalue weighted by Crippen LogP contribution is -1.85. The van der Waals surface area contributed by atoms with Crippen molar-refractivity contribution in [3.63, 3.8) is 0 Å². The van der Waals surface area contributed by atoms with Crippen molar-refractivity contribution >= 4 is 0 Å². The topological polar surface area (TPSA) is 25.8 Å². The van der Waals surface area contributed by atoms with E-state index in [2.05, 4.69) is 29.9 Å². The van der Waals surface area contributed by atoms with Crippen LogP contribution in [0.25, 0.3) is 0 Å². The van der Waals surface area contributed by atoms with Crippen LogP contribution in [0.4, 0.5) is 0 Å². The molecule has 2 aromatic rings. The van der Waals surface area contributed by atoms with Gasteiger partial charge in [0.15, 0.2) is 0 Å². The maximum absolute atomic E-state index is 4.01. The highest BCUT2D eigenvalue weighted by Gasteiger charge is 1.94. The van der Waals surface area contributed by atoms with Gasteiger partial charge in [0.05, 0.1) is 0 Å². The van der Waals surface area contributed by atoms with Gasteiger partial charge in [0.25, 0.3) is 0 Å². The Morgan fingerprint density at radius 1 is 0.889 bits per heavy atom. The molecule has 2 nitrogen and oxygen atoms in total. The highest BCUT2D eigenvalue weighted by molar-refractivity contribution is 5.12. The zero-order valence-corrected chi connectivity index (χ0v) is 12.1. The third kappa shape index (κ3) is 7.55. The molecule has 2 aromatic heterocycles. The molecule has 0 saturated heterocycles. The molecular formula is C16H24N2. The van der Waals surface area contributed by atoms with Crippen molar-refractivity contribution < 1.29 is 0 Å². The summed E-state index contributed by atoms with van der Waals surface area (Å²) in [6.07, 6.45) is 7.28. The second-order valence-corrected chi connectivity index (χ2v) is 3.97. The first kappa shape index (κ1) is 16.3. The first-order valence-electron chi connectivity index (χ1n) is 6.46. The van der Waals surface area contributed by atoms with Crippen LogP contribution in [0.2, 0.25) is 0 Å². The van der Waals surface area contributed by atoms with Crippen LogP contribution in [-0.2, 0) is 0 Å². The minimum atomic E-state index is 0.596. The molecule has 0 bridgehead atoms. The number of aromatic nitrogens is 2. The van der Waals surface area contributed by atoms with Gasteiger partial charge in [0.2, 0.25) is 0 Å². The number of hydrogen-bond donors (Lipinski definition) is 0. The largest absolute Gasteiger partial charge is 0.265 e. The van der Waals surface area contributed by atoms with Crippen molar-refractivity contribution in [2.75, 3.05) is 0 Å². The molecule has 2 heterocycles. The average molecular weight is 244 g/mol. The van der Waals surface area contributed by atoms with Gasteiger partial charge in [-0.3, -0.25) is 9.97 Å². The maximum atomic E-state index is 4.01. The lowest BCUT2D eigenvalue weighted by atomic mass is 10.1. The summed E-state index contributed by atoms with van der Waals surface area (Å²) < 4.78 is 0. The van der Waals surface area contributed by atoms with Gasteiger partial charge in [-0.25, -0.2) is 0 Å². The molecule has 0 spiro atoms. The van der Waals surface area contributed by atoms with E-state index >= 15 is 0 Å². The van der Waals surface area contributed by atoms with Crippen molar-refractivity contribution in [2.45, 2.75) is 40.5 Å². The van der Waals surface area contributed by atoms with Gasteiger partial charge in [-0.05, 0) is 42.2 Å². The van der Waals surface area contributed by atoms with Crippen LogP contribution < -0.4 is 0 Å². The Morgan fingerprint density at radius 2 is 1.50 bits per heavy atom. The van der Waals surface area contributed by atoms with Crippen LogP contribution in [0.1, 0.15) is 44.7 Å². The number of pyridine rings is 2. The van der Waals surface area contributed by atoms with Crippen LogP contribution in [-0.4, -0.2) is 9.97 Å². The monoisotopic (exact) mass is 244 g/mol. The van der Waals surface area contributed by atoms with Crippen LogP contribution >= 0.6 is 0 Å². The molecule has 0 fully saturated rings. The first-order chi connectivity index (χ1) is 8.70. The van der Waals surface area contributed by atoms with Gasteiger partial charge in [-0.1, -0.05) is 33.8 Å². The maximum Gasteiger partial charge on any atom is 0.0302 e. The van der Waals surface area contributed by atoms with E-state index in [1.807, 2.05) is 45.2 Å². The predicted molar refractivity (Wildman–Crippen MR) is 78.6 cm³/mol. The van der Waals surface area contributed by atoms with Gasteiger partial charge < -0.3 is 0 Å². The Bertz CT molecular complexity index is 382. The Balaban J connectivity index is 0.000000289. The third-order valence-electron chi connectivity index (χ3n) is 2.20. The van der Waals surface area contributed by atoms with E-state index in [0.717, 1.165) is 0 Å². The number of hydrogen-bond acceptors (Lipinski definition) is 2. The molecule has 0 radical (unpaired) electrons. The summed E-state index contributed by atoms with van der Waals surface area (Å²) in [5.41, 5.74) is 2.56. The molecule has 2 rings (SSSR count). The minimum Gasteiger partial charge on any atom is -0.265 e. The number of rotatable bonds is 1. The summed E-state index contributed by atoms with van der Waals surface area (Å²) in [5, 5.41) is 0. The number of nitrogens with zero attached hydrogens (tertiary/aromatic N) is 2. The van der Waals surface area contributed by atoms with Crippen LogP contribution in [0, 0.1) is 6.92 Å². The highest BCUT2D eigenvalue weighted by Crippen LogP contribution is 2.10. The van der Waals surface area contributed by atoms with E-state index in [1.165, 1.54) is 11.1 Å². The van der Waals surface area contributed by atoms with E-state index < -0.39 is 0 Å². The minimum absolute atomic E-state index is 0.596. The summed E-state index contributed by atoms with van der Waals surface area (Å²) >= 11 is 0. The van der Waals surface area contributed by atoms with Crippen molar-refractivity contribution in [1.82, 2.24) is 9.97 Å². The smallest absolute Gasteiger partial charge is 0.0302 e. The summed E-state index contributed by atoms with van der Waals surface area (Å²) in [6.45, 7) is 10.4. The van der Waals surface area contributed by atoms with Gasteiger partial charge in [0.1, 0.15) is 0 Å². The molecule has 0 saturated carbocycles. The molecule has 2 heteroatoms. The lowest BCUT2D eigenvalue weighted by molar-refractivity contribution is 0.858. The molecule has 0 unspecified atom stereocenters. The van der Waals surface area contributed by atoms with Crippen LogP contribution in [0.5, 0.6) is 0 Å². The van der Waals surface area contributed by atoms with E-state index in [4.69, 9.17) is 0 Å². The molecule has 18 heavy (non-hydrogen) atoms. The summed E-state index contributed by atoms with van der Waals surface area (Å²) in [7, 11) is 0. The van der Waals surface area contributed by atoms with Crippen molar-refractivity contribution in [3.05, 3.63) is 60.2 Å². The summed E-state index contributed by atoms with van der Waals surface area (Å²) in [4.78, 5) is 7.85. The normalized spacial score (nSPS) is 8.78. The SMILES string of the molecule is CC.CC(C)c1cccnc1.Cc1ccncc1. The van der Waals surface area contributed by atoms with E-state index in [0.29, 0.717) is 5.92 Å². The molecule has 0 aliphatic rings.